The summed E-state index contributed by atoms with van der Waals surface area (Å²) in [6.45, 7) is 22.8. The zero-order chi connectivity index (χ0) is 31.6. The third-order valence-corrected chi connectivity index (χ3v) is 11.4. The van der Waals surface area contributed by atoms with Crippen LogP contribution in [0.4, 0.5) is 0 Å². The first kappa shape index (κ1) is 31.1. The van der Waals surface area contributed by atoms with Crippen molar-refractivity contribution in [3.8, 4) is 0 Å². The monoisotopic (exact) mass is 576 g/mol. The summed E-state index contributed by atoms with van der Waals surface area (Å²) in [7, 11) is 0. The van der Waals surface area contributed by atoms with Crippen molar-refractivity contribution in [1.82, 2.24) is 0 Å². The second-order valence-electron chi connectivity index (χ2n) is 14.8. The summed E-state index contributed by atoms with van der Waals surface area (Å²) in [5, 5.41) is 0. The molecular formula is C40H48O3. The molecule has 3 aliphatic rings. The first-order valence-electron chi connectivity index (χ1n) is 15.9. The summed E-state index contributed by atoms with van der Waals surface area (Å²) in [5.74, 6) is 0.0635. The Morgan fingerprint density at radius 1 is 1.00 bits per heavy atom. The highest BCUT2D eigenvalue weighted by molar-refractivity contribution is 6.24. The molecule has 3 unspecified atom stereocenters. The summed E-state index contributed by atoms with van der Waals surface area (Å²) in [6, 6.07) is 12.8. The van der Waals surface area contributed by atoms with Crippen LogP contribution in [0.25, 0.3) is 0 Å². The van der Waals surface area contributed by atoms with E-state index in [0.717, 1.165) is 65.5 Å². The summed E-state index contributed by atoms with van der Waals surface area (Å²) < 4.78 is 0. The molecule has 0 aliphatic heterocycles. The van der Waals surface area contributed by atoms with Crippen LogP contribution in [0, 0.1) is 23.2 Å². The highest BCUT2D eigenvalue weighted by Crippen LogP contribution is 2.66. The third kappa shape index (κ3) is 4.75. The first-order valence-corrected chi connectivity index (χ1v) is 15.9. The second kappa shape index (κ2) is 10.7. The van der Waals surface area contributed by atoms with Crippen LogP contribution in [0.2, 0.25) is 0 Å². The van der Waals surface area contributed by atoms with Gasteiger partial charge in [0.05, 0.1) is 11.0 Å². The molecule has 0 aromatic heterocycles. The molecule has 5 rings (SSSR count). The Morgan fingerprint density at radius 3 is 2.26 bits per heavy atom. The summed E-state index contributed by atoms with van der Waals surface area (Å²) in [5.41, 5.74) is 9.18. The minimum Gasteiger partial charge on any atom is -0.294 e. The van der Waals surface area contributed by atoms with E-state index in [9.17, 15) is 14.4 Å². The van der Waals surface area contributed by atoms with E-state index in [1.165, 1.54) is 29.2 Å². The lowest BCUT2D eigenvalue weighted by Gasteiger charge is -2.59. The lowest BCUT2D eigenvalue weighted by atomic mass is 9.42. The predicted molar refractivity (Wildman–Crippen MR) is 176 cm³/mol. The Bertz CT molecular complexity index is 1630. The van der Waals surface area contributed by atoms with Gasteiger partial charge in [-0.2, -0.15) is 0 Å². The number of aryl methyl sites for hydroxylation is 1. The zero-order valence-corrected chi connectivity index (χ0v) is 27.7. The predicted octanol–water partition coefficient (Wildman–Crippen LogP) is 9.21. The number of allylic oxidation sites excluding steroid dienone is 5. The van der Waals surface area contributed by atoms with E-state index >= 15 is 0 Å². The molecule has 2 aromatic carbocycles. The third-order valence-electron chi connectivity index (χ3n) is 11.4. The van der Waals surface area contributed by atoms with Gasteiger partial charge in [0.2, 0.25) is 0 Å². The van der Waals surface area contributed by atoms with Crippen molar-refractivity contribution in [2.45, 2.75) is 107 Å². The van der Waals surface area contributed by atoms with Gasteiger partial charge in [-0.05, 0) is 112 Å². The molecule has 0 amide bonds. The van der Waals surface area contributed by atoms with Crippen molar-refractivity contribution in [2.24, 2.45) is 16.2 Å². The van der Waals surface area contributed by atoms with Crippen LogP contribution in [-0.2, 0) is 28.9 Å². The van der Waals surface area contributed by atoms with Crippen molar-refractivity contribution >= 4 is 17.3 Å². The number of carbonyl (C=O) groups is 3. The quantitative estimate of drug-likeness (QED) is 0.244. The number of Topliss-reactive ketones (excluding diaryl/α,β-unsaturated/α-hetero) is 3. The molecule has 0 saturated carbocycles. The topological polar surface area (TPSA) is 51.2 Å². The fraction of sp³-hybridized carbons (Fsp3) is 0.475. The molecule has 226 valence electrons. The van der Waals surface area contributed by atoms with E-state index in [0.29, 0.717) is 12.0 Å². The SMILES string of the molecule is C=C(CCc1ccccc1)Cc1cc(C(C)C)c2c(c1C)C(=O)C1=C(C)C3(C)C(=O)C(C(C)=O)=C(C)CC3(C)CC1(C)C2. The maximum Gasteiger partial charge on any atom is 0.190 e. The van der Waals surface area contributed by atoms with Crippen molar-refractivity contribution < 1.29 is 14.4 Å². The summed E-state index contributed by atoms with van der Waals surface area (Å²) in [6.07, 6.45) is 4.80. The molecule has 0 fully saturated rings. The molecule has 0 spiro atoms. The fourth-order valence-corrected chi connectivity index (χ4v) is 9.09. The highest BCUT2D eigenvalue weighted by atomic mass is 16.2. The minimum atomic E-state index is -0.895. The van der Waals surface area contributed by atoms with Gasteiger partial charge in [-0.3, -0.25) is 14.4 Å². The zero-order valence-electron chi connectivity index (χ0n) is 27.7. The Hall–Kier alpha value is -3.33. The number of fused-ring (bicyclic) bond motifs is 3. The number of ketones is 3. The lowest BCUT2D eigenvalue weighted by molar-refractivity contribution is -0.134. The average Bonchev–Trinajstić information content (AvgIpc) is 2.91. The average molecular weight is 577 g/mol. The smallest absolute Gasteiger partial charge is 0.190 e. The Morgan fingerprint density at radius 2 is 1.65 bits per heavy atom. The number of hydrogen-bond donors (Lipinski definition) is 0. The van der Waals surface area contributed by atoms with Gasteiger partial charge >= 0.3 is 0 Å². The van der Waals surface area contributed by atoms with Crippen LogP contribution < -0.4 is 0 Å². The van der Waals surface area contributed by atoms with E-state index < -0.39 is 5.41 Å². The van der Waals surface area contributed by atoms with Crippen LogP contribution >= 0.6 is 0 Å². The van der Waals surface area contributed by atoms with Gasteiger partial charge in [-0.15, -0.1) is 0 Å². The van der Waals surface area contributed by atoms with Crippen LogP contribution in [0.5, 0.6) is 0 Å². The first-order chi connectivity index (χ1) is 20.1. The lowest BCUT2D eigenvalue weighted by Crippen LogP contribution is -2.57. The van der Waals surface area contributed by atoms with Crippen molar-refractivity contribution in [3.05, 3.63) is 104 Å². The van der Waals surface area contributed by atoms with E-state index in [1.807, 2.05) is 26.8 Å². The fourth-order valence-electron chi connectivity index (χ4n) is 9.09. The van der Waals surface area contributed by atoms with Crippen molar-refractivity contribution in [3.63, 3.8) is 0 Å². The molecule has 3 nitrogen and oxygen atoms in total. The summed E-state index contributed by atoms with van der Waals surface area (Å²) in [4.78, 5) is 41.7. The minimum absolute atomic E-state index is 0.0733. The highest BCUT2D eigenvalue weighted by Gasteiger charge is 2.63. The number of carbonyl (C=O) groups excluding carboxylic acids is 3. The van der Waals surface area contributed by atoms with Gasteiger partial charge in [0, 0.05) is 16.6 Å². The normalized spacial score (nSPS) is 26.8. The van der Waals surface area contributed by atoms with Gasteiger partial charge in [-0.25, -0.2) is 0 Å². The van der Waals surface area contributed by atoms with E-state index in [2.05, 4.69) is 71.5 Å². The van der Waals surface area contributed by atoms with E-state index in [-0.39, 0.29) is 34.1 Å². The van der Waals surface area contributed by atoms with Crippen LogP contribution in [0.1, 0.15) is 119 Å². The van der Waals surface area contributed by atoms with Gasteiger partial charge in [-0.1, -0.05) is 87.4 Å². The van der Waals surface area contributed by atoms with Crippen LogP contribution in [0.15, 0.2) is 70.8 Å². The Kier molecular flexibility index (Phi) is 7.73. The van der Waals surface area contributed by atoms with Crippen LogP contribution in [0.3, 0.4) is 0 Å². The molecule has 0 heterocycles. The van der Waals surface area contributed by atoms with E-state index in [4.69, 9.17) is 0 Å². The molecule has 3 atom stereocenters. The summed E-state index contributed by atoms with van der Waals surface area (Å²) >= 11 is 0. The number of hydrogen-bond acceptors (Lipinski definition) is 3. The van der Waals surface area contributed by atoms with Crippen molar-refractivity contribution in [1.29, 1.82) is 0 Å². The largest absolute Gasteiger partial charge is 0.294 e. The Balaban J connectivity index is 1.61. The van der Waals surface area contributed by atoms with Crippen LogP contribution in [-0.4, -0.2) is 17.3 Å². The maximum atomic E-state index is 14.8. The molecule has 0 radical (unpaired) electrons. The number of rotatable bonds is 7. The van der Waals surface area contributed by atoms with E-state index in [1.54, 1.807) is 0 Å². The molecule has 43 heavy (non-hydrogen) atoms. The standard InChI is InChI=1S/C40H48O3/c1-23(2)31-19-30(18-24(3)16-17-29-14-12-11-13-15-29)26(5)34-32(31)21-38(8)22-39(9)20-25(4)33(28(7)41)37(43)40(39,10)27(6)35(38)36(34)42/h11-15,19,23H,3,16-18,20-22H2,1-2,4-10H3. The number of benzene rings is 2. The van der Waals surface area contributed by atoms with Gasteiger partial charge < -0.3 is 0 Å². The van der Waals surface area contributed by atoms with Gasteiger partial charge in [0.15, 0.2) is 17.3 Å². The van der Waals surface area contributed by atoms with Gasteiger partial charge in [0.1, 0.15) is 0 Å². The molecule has 3 heteroatoms. The molecule has 0 saturated heterocycles. The molecule has 0 bridgehead atoms. The molecular weight excluding hydrogens is 528 g/mol. The second-order valence-corrected chi connectivity index (χ2v) is 14.8. The van der Waals surface area contributed by atoms with Crippen molar-refractivity contribution in [2.75, 3.05) is 0 Å². The maximum absolute atomic E-state index is 14.8. The molecule has 3 aliphatic carbocycles. The molecule has 0 N–H and O–H groups in total. The Labute approximate surface area is 258 Å². The molecule has 2 aromatic rings. The van der Waals surface area contributed by atoms with Gasteiger partial charge in [0.25, 0.3) is 0 Å².